The number of carboxylic acid groups (broad SMARTS) is 1. The molecule has 0 aromatic heterocycles. The van der Waals surface area contributed by atoms with E-state index in [2.05, 4.69) is 18.2 Å². The molecular formula is C14H19NO2. The summed E-state index contributed by atoms with van der Waals surface area (Å²) in [6.07, 6.45) is 4.06. The molecule has 0 heterocycles. The second-order valence-electron chi connectivity index (χ2n) is 4.87. The molecule has 2 rings (SSSR count). The maximum Gasteiger partial charge on any atom is 0.303 e. The fourth-order valence-electron chi connectivity index (χ4n) is 2.21. The predicted molar refractivity (Wildman–Crippen MR) is 67.0 cm³/mol. The Labute approximate surface area is 102 Å². The van der Waals surface area contributed by atoms with Crippen molar-refractivity contribution in [3.05, 3.63) is 35.4 Å². The van der Waals surface area contributed by atoms with E-state index in [1.807, 2.05) is 6.07 Å². The first-order valence-corrected chi connectivity index (χ1v) is 6.22. The lowest BCUT2D eigenvalue weighted by molar-refractivity contribution is -0.137. The molecule has 1 aliphatic carbocycles. The van der Waals surface area contributed by atoms with Crippen molar-refractivity contribution in [2.24, 2.45) is 5.73 Å². The van der Waals surface area contributed by atoms with E-state index in [0.717, 1.165) is 12.3 Å². The van der Waals surface area contributed by atoms with Crippen molar-refractivity contribution in [3.8, 4) is 0 Å². The molecule has 1 aromatic rings. The Morgan fingerprint density at radius 3 is 2.76 bits per heavy atom. The minimum absolute atomic E-state index is 0.0500. The van der Waals surface area contributed by atoms with Crippen LogP contribution in [0.15, 0.2) is 24.3 Å². The molecule has 0 bridgehead atoms. The molecule has 0 saturated heterocycles. The van der Waals surface area contributed by atoms with Gasteiger partial charge in [-0.05, 0) is 42.7 Å². The number of benzene rings is 1. The van der Waals surface area contributed by atoms with Crippen LogP contribution in [-0.4, -0.2) is 17.1 Å². The normalized spacial score (nSPS) is 16.8. The Bertz CT molecular complexity index is 399. The summed E-state index contributed by atoms with van der Waals surface area (Å²) in [6, 6.07) is 8.35. The quantitative estimate of drug-likeness (QED) is 0.792. The largest absolute Gasteiger partial charge is 0.481 e. The van der Waals surface area contributed by atoms with Gasteiger partial charge in [0.25, 0.3) is 0 Å². The molecule has 3 nitrogen and oxygen atoms in total. The molecule has 1 unspecified atom stereocenters. The number of carboxylic acids is 1. The van der Waals surface area contributed by atoms with E-state index in [1.165, 1.54) is 24.0 Å². The van der Waals surface area contributed by atoms with Crippen molar-refractivity contribution in [1.82, 2.24) is 0 Å². The molecule has 0 aliphatic heterocycles. The SMILES string of the molecule is NC(CCC(=O)O)Cc1ccccc1C1CC1. The van der Waals surface area contributed by atoms with Gasteiger partial charge in [-0.25, -0.2) is 0 Å². The summed E-state index contributed by atoms with van der Waals surface area (Å²) < 4.78 is 0. The molecule has 92 valence electrons. The van der Waals surface area contributed by atoms with Crippen LogP contribution in [0.2, 0.25) is 0 Å². The molecule has 17 heavy (non-hydrogen) atoms. The van der Waals surface area contributed by atoms with Gasteiger partial charge >= 0.3 is 5.97 Å². The third-order valence-electron chi connectivity index (χ3n) is 3.28. The molecule has 3 heteroatoms. The fraction of sp³-hybridized carbons (Fsp3) is 0.500. The molecule has 1 aromatic carbocycles. The van der Waals surface area contributed by atoms with E-state index >= 15 is 0 Å². The van der Waals surface area contributed by atoms with Gasteiger partial charge in [-0.1, -0.05) is 24.3 Å². The van der Waals surface area contributed by atoms with Crippen molar-refractivity contribution in [3.63, 3.8) is 0 Å². The van der Waals surface area contributed by atoms with E-state index in [0.29, 0.717) is 6.42 Å². The Hall–Kier alpha value is -1.35. The van der Waals surface area contributed by atoms with Gasteiger partial charge in [-0.15, -0.1) is 0 Å². The van der Waals surface area contributed by atoms with Crippen molar-refractivity contribution in [2.75, 3.05) is 0 Å². The second kappa shape index (κ2) is 5.32. The van der Waals surface area contributed by atoms with Crippen LogP contribution in [0, 0.1) is 0 Å². The van der Waals surface area contributed by atoms with E-state index in [4.69, 9.17) is 10.8 Å². The molecule has 1 atom stereocenters. The summed E-state index contributed by atoms with van der Waals surface area (Å²) in [6.45, 7) is 0. The van der Waals surface area contributed by atoms with Crippen molar-refractivity contribution in [1.29, 1.82) is 0 Å². The molecular weight excluding hydrogens is 214 g/mol. The number of hydrogen-bond donors (Lipinski definition) is 2. The van der Waals surface area contributed by atoms with Gasteiger partial charge in [0, 0.05) is 12.5 Å². The van der Waals surface area contributed by atoms with Gasteiger partial charge in [-0.3, -0.25) is 4.79 Å². The summed E-state index contributed by atoms with van der Waals surface area (Å²) in [5.74, 6) is -0.0474. The minimum Gasteiger partial charge on any atom is -0.481 e. The van der Waals surface area contributed by atoms with Gasteiger partial charge in [0.15, 0.2) is 0 Å². The lowest BCUT2D eigenvalue weighted by atomic mass is 9.96. The number of nitrogens with two attached hydrogens (primary N) is 1. The minimum atomic E-state index is -0.768. The van der Waals surface area contributed by atoms with Crippen molar-refractivity contribution < 1.29 is 9.90 Å². The summed E-state index contributed by atoms with van der Waals surface area (Å²) in [5.41, 5.74) is 8.69. The smallest absolute Gasteiger partial charge is 0.303 e. The molecule has 0 amide bonds. The van der Waals surface area contributed by atoms with Crippen LogP contribution in [0.1, 0.15) is 42.7 Å². The average Bonchev–Trinajstić information content (AvgIpc) is 3.11. The van der Waals surface area contributed by atoms with Crippen molar-refractivity contribution >= 4 is 5.97 Å². The predicted octanol–water partition coefficient (Wildman–Crippen LogP) is 2.30. The number of carbonyl (C=O) groups is 1. The van der Waals surface area contributed by atoms with E-state index in [-0.39, 0.29) is 12.5 Å². The maximum absolute atomic E-state index is 10.5. The number of aliphatic carboxylic acids is 1. The van der Waals surface area contributed by atoms with Crippen LogP contribution in [0.3, 0.4) is 0 Å². The average molecular weight is 233 g/mol. The lowest BCUT2D eigenvalue weighted by Gasteiger charge is -2.13. The summed E-state index contributed by atoms with van der Waals surface area (Å²) in [4.78, 5) is 10.5. The number of rotatable bonds is 6. The Morgan fingerprint density at radius 2 is 2.12 bits per heavy atom. The van der Waals surface area contributed by atoms with E-state index in [1.54, 1.807) is 0 Å². The van der Waals surface area contributed by atoms with Gasteiger partial charge in [0.05, 0.1) is 0 Å². The highest BCUT2D eigenvalue weighted by atomic mass is 16.4. The summed E-state index contributed by atoms with van der Waals surface area (Å²) in [7, 11) is 0. The van der Waals surface area contributed by atoms with Crippen molar-refractivity contribution in [2.45, 2.75) is 44.1 Å². The van der Waals surface area contributed by atoms with Gasteiger partial charge in [0.1, 0.15) is 0 Å². The molecule has 1 saturated carbocycles. The van der Waals surface area contributed by atoms with E-state index in [9.17, 15) is 4.79 Å². The monoisotopic (exact) mass is 233 g/mol. The highest BCUT2D eigenvalue weighted by molar-refractivity contribution is 5.66. The van der Waals surface area contributed by atoms with Crippen LogP contribution in [0.4, 0.5) is 0 Å². The zero-order chi connectivity index (χ0) is 12.3. The van der Waals surface area contributed by atoms with Crippen LogP contribution in [0.5, 0.6) is 0 Å². The van der Waals surface area contributed by atoms with E-state index < -0.39 is 5.97 Å². The topological polar surface area (TPSA) is 63.3 Å². The van der Waals surface area contributed by atoms with Crippen LogP contribution in [0.25, 0.3) is 0 Å². The number of hydrogen-bond acceptors (Lipinski definition) is 2. The standard InChI is InChI=1S/C14H19NO2/c15-12(7-8-14(16)17)9-11-3-1-2-4-13(11)10-5-6-10/h1-4,10,12H,5-9,15H2,(H,16,17). The summed E-state index contributed by atoms with van der Waals surface area (Å²) >= 11 is 0. The molecule has 1 fully saturated rings. The maximum atomic E-state index is 10.5. The van der Waals surface area contributed by atoms with Gasteiger partial charge in [0.2, 0.25) is 0 Å². The van der Waals surface area contributed by atoms with Crippen LogP contribution < -0.4 is 5.73 Å². The van der Waals surface area contributed by atoms with Gasteiger partial charge in [-0.2, -0.15) is 0 Å². The molecule has 0 radical (unpaired) electrons. The van der Waals surface area contributed by atoms with Crippen LogP contribution >= 0.6 is 0 Å². The first-order valence-electron chi connectivity index (χ1n) is 6.22. The first kappa shape index (κ1) is 12.1. The Balaban J connectivity index is 1.95. The Kier molecular flexibility index (Phi) is 3.79. The van der Waals surface area contributed by atoms with Crippen LogP contribution in [-0.2, 0) is 11.2 Å². The Morgan fingerprint density at radius 1 is 1.41 bits per heavy atom. The highest BCUT2D eigenvalue weighted by Crippen LogP contribution is 2.41. The summed E-state index contributed by atoms with van der Waals surface area (Å²) in [5, 5.41) is 8.63. The fourth-order valence-corrected chi connectivity index (χ4v) is 2.21. The van der Waals surface area contributed by atoms with Gasteiger partial charge < -0.3 is 10.8 Å². The first-order chi connectivity index (χ1) is 8.16. The lowest BCUT2D eigenvalue weighted by Crippen LogP contribution is -2.24. The molecule has 0 spiro atoms. The second-order valence-corrected chi connectivity index (χ2v) is 4.87. The zero-order valence-electron chi connectivity index (χ0n) is 9.93. The molecule has 1 aliphatic rings. The third kappa shape index (κ3) is 3.56. The highest BCUT2D eigenvalue weighted by Gasteiger charge is 2.25. The third-order valence-corrected chi connectivity index (χ3v) is 3.28. The molecule has 3 N–H and O–H groups in total. The zero-order valence-corrected chi connectivity index (χ0v) is 9.93.